The first kappa shape index (κ1) is 16.5. The Morgan fingerprint density at radius 3 is 2.70 bits per heavy atom. The number of nitrogens with zero attached hydrogens (tertiary/aromatic N) is 3. The standard InChI is InChI=1S/C15H23N3O4S/c1-13(19)16-7-4-8-17(11-10-16)23(20,21)18-9-2-5-14(18)15-6-3-12-22-15/h3,6,12,14H,2,4-5,7-11H2,1H3. The van der Waals surface area contributed by atoms with E-state index in [2.05, 4.69) is 0 Å². The summed E-state index contributed by atoms with van der Waals surface area (Å²) in [5.41, 5.74) is 0. The monoisotopic (exact) mass is 341 g/mol. The Morgan fingerprint density at radius 2 is 2.00 bits per heavy atom. The Labute approximate surface area is 137 Å². The van der Waals surface area contributed by atoms with Gasteiger partial charge in [0.2, 0.25) is 5.91 Å². The van der Waals surface area contributed by atoms with E-state index in [0.29, 0.717) is 44.9 Å². The van der Waals surface area contributed by atoms with Gasteiger partial charge in [0.05, 0.1) is 12.3 Å². The van der Waals surface area contributed by atoms with Crippen LogP contribution in [-0.4, -0.2) is 60.6 Å². The van der Waals surface area contributed by atoms with Gasteiger partial charge in [0.1, 0.15) is 5.76 Å². The van der Waals surface area contributed by atoms with Crippen molar-refractivity contribution in [3.05, 3.63) is 24.2 Å². The van der Waals surface area contributed by atoms with Crippen LogP contribution in [0.4, 0.5) is 0 Å². The average molecular weight is 341 g/mol. The van der Waals surface area contributed by atoms with E-state index in [9.17, 15) is 13.2 Å². The Morgan fingerprint density at radius 1 is 1.17 bits per heavy atom. The van der Waals surface area contributed by atoms with Crippen LogP contribution in [0.15, 0.2) is 22.8 Å². The van der Waals surface area contributed by atoms with Gasteiger partial charge in [0, 0.05) is 39.6 Å². The zero-order valence-electron chi connectivity index (χ0n) is 13.3. The second-order valence-corrected chi connectivity index (χ2v) is 7.93. The fourth-order valence-electron chi connectivity index (χ4n) is 3.37. The summed E-state index contributed by atoms with van der Waals surface area (Å²) >= 11 is 0. The first-order valence-electron chi connectivity index (χ1n) is 8.06. The van der Waals surface area contributed by atoms with Crippen LogP contribution in [0.3, 0.4) is 0 Å². The lowest BCUT2D eigenvalue weighted by Crippen LogP contribution is -2.45. The molecule has 0 aromatic carbocycles. The van der Waals surface area contributed by atoms with Gasteiger partial charge in [-0.2, -0.15) is 17.0 Å². The van der Waals surface area contributed by atoms with Crippen molar-refractivity contribution in [2.24, 2.45) is 0 Å². The third-order valence-corrected chi connectivity index (χ3v) is 6.65. The lowest BCUT2D eigenvalue weighted by molar-refractivity contribution is -0.128. The molecule has 0 N–H and O–H groups in total. The van der Waals surface area contributed by atoms with Crippen molar-refractivity contribution >= 4 is 16.1 Å². The molecule has 0 spiro atoms. The van der Waals surface area contributed by atoms with E-state index in [1.165, 1.54) is 11.2 Å². The summed E-state index contributed by atoms with van der Waals surface area (Å²) in [7, 11) is -3.54. The molecule has 0 radical (unpaired) electrons. The van der Waals surface area contributed by atoms with Gasteiger partial charge in [-0.3, -0.25) is 4.79 Å². The predicted molar refractivity (Wildman–Crippen MR) is 84.8 cm³/mol. The first-order chi connectivity index (χ1) is 11.0. The van der Waals surface area contributed by atoms with Gasteiger partial charge in [-0.05, 0) is 31.4 Å². The van der Waals surface area contributed by atoms with E-state index >= 15 is 0 Å². The number of amides is 1. The lowest BCUT2D eigenvalue weighted by Gasteiger charge is -2.29. The normalized spacial score (nSPS) is 24.7. The Kier molecular flexibility index (Phi) is 4.74. The second-order valence-electron chi connectivity index (χ2n) is 6.05. The van der Waals surface area contributed by atoms with Crippen molar-refractivity contribution in [3.8, 4) is 0 Å². The van der Waals surface area contributed by atoms with E-state index in [0.717, 1.165) is 12.8 Å². The quantitative estimate of drug-likeness (QED) is 0.828. The minimum Gasteiger partial charge on any atom is -0.468 e. The molecule has 1 amide bonds. The third-order valence-electron chi connectivity index (χ3n) is 4.60. The molecule has 1 atom stereocenters. The number of hydrogen-bond donors (Lipinski definition) is 0. The van der Waals surface area contributed by atoms with Gasteiger partial charge < -0.3 is 9.32 Å². The first-order valence-corrected chi connectivity index (χ1v) is 9.45. The summed E-state index contributed by atoms with van der Waals surface area (Å²) in [5.74, 6) is 0.699. The van der Waals surface area contributed by atoms with Crippen LogP contribution in [0, 0.1) is 0 Å². The van der Waals surface area contributed by atoms with E-state index < -0.39 is 10.2 Å². The van der Waals surface area contributed by atoms with Crippen molar-refractivity contribution in [2.75, 3.05) is 32.7 Å². The Hall–Kier alpha value is -1.38. The van der Waals surface area contributed by atoms with Crippen LogP contribution in [0.5, 0.6) is 0 Å². The summed E-state index contributed by atoms with van der Waals surface area (Å²) in [6, 6.07) is 3.40. The molecule has 1 unspecified atom stereocenters. The van der Waals surface area contributed by atoms with Crippen molar-refractivity contribution in [1.82, 2.24) is 13.5 Å². The maximum atomic E-state index is 13.0. The molecule has 2 aliphatic heterocycles. The zero-order valence-corrected chi connectivity index (χ0v) is 14.2. The molecule has 7 nitrogen and oxygen atoms in total. The van der Waals surface area contributed by atoms with E-state index in [1.54, 1.807) is 21.5 Å². The Bertz CT molecular complexity index is 644. The molecule has 3 heterocycles. The number of carbonyl (C=O) groups excluding carboxylic acids is 1. The highest BCUT2D eigenvalue weighted by molar-refractivity contribution is 7.86. The second kappa shape index (κ2) is 6.62. The molecule has 0 saturated carbocycles. The highest BCUT2D eigenvalue weighted by atomic mass is 32.2. The molecule has 1 aromatic rings. The third kappa shape index (κ3) is 3.29. The maximum absolute atomic E-state index is 13.0. The smallest absolute Gasteiger partial charge is 0.282 e. The minimum atomic E-state index is -3.54. The summed E-state index contributed by atoms with van der Waals surface area (Å²) in [6.07, 6.45) is 3.85. The zero-order chi connectivity index (χ0) is 16.4. The Balaban J connectivity index is 1.76. The van der Waals surface area contributed by atoms with Crippen LogP contribution in [0.2, 0.25) is 0 Å². The molecule has 2 fully saturated rings. The summed E-state index contributed by atoms with van der Waals surface area (Å²) < 4.78 is 34.5. The van der Waals surface area contributed by atoms with Gasteiger partial charge in [0.15, 0.2) is 0 Å². The SMILES string of the molecule is CC(=O)N1CCCN(S(=O)(=O)N2CCCC2c2ccco2)CC1. The highest BCUT2D eigenvalue weighted by Crippen LogP contribution is 2.35. The molecular formula is C15H23N3O4S. The summed E-state index contributed by atoms with van der Waals surface area (Å²) in [5, 5.41) is 0. The number of rotatable bonds is 3. The van der Waals surface area contributed by atoms with Crippen molar-refractivity contribution in [3.63, 3.8) is 0 Å². The van der Waals surface area contributed by atoms with E-state index in [-0.39, 0.29) is 11.9 Å². The van der Waals surface area contributed by atoms with Crippen LogP contribution in [-0.2, 0) is 15.0 Å². The number of carbonyl (C=O) groups is 1. The van der Waals surface area contributed by atoms with Crippen LogP contribution in [0.1, 0.15) is 38.0 Å². The molecular weight excluding hydrogens is 318 g/mol. The summed E-state index contributed by atoms with van der Waals surface area (Å²) in [6.45, 7) is 3.91. The number of hydrogen-bond acceptors (Lipinski definition) is 4. The fraction of sp³-hybridized carbons (Fsp3) is 0.667. The van der Waals surface area contributed by atoms with Crippen LogP contribution in [0.25, 0.3) is 0 Å². The largest absolute Gasteiger partial charge is 0.468 e. The van der Waals surface area contributed by atoms with Crippen molar-refractivity contribution < 1.29 is 17.6 Å². The molecule has 128 valence electrons. The molecule has 8 heteroatoms. The summed E-state index contributed by atoms with van der Waals surface area (Å²) in [4.78, 5) is 13.2. The molecule has 0 bridgehead atoms. The lowest BCUT2D eigenvalue weighted by atomic mass is 10.2. The van der Waals surface area contributed by atoms with E-state index in [1.807, 2.05) is 6.07 Å². The molecule has 0 aliphatic carbocycles. The average Bonchev–Trinajstić information content (AvgIpc) is 3.12. The number of furan rings is 1. The van der Waals surface area contributed by atoms with E-state index in [4.69, 9.17) is 4.42 Å². The molecule has 2 aliphatic rings. The van der Waals surface area contributed by atoms with Crippen molar-refractivity contribution in [1.29, 1.82) is 0 Å². The fourth-order valence-corrected chi connectivity index (χ4v) is 5.23. The topological polar surface area (TPSA) is 74.1 Å². The maximum Gasteiger partial charge on any atom is 0.282 e. The van der Waals surface area contributed by atoms with Crippen LogP contribution >= 0.6 is 0 Å². The molecule has 23 heavy (non-hydrogen) atoms. The van der Waals surface area contributed by atoms with Gasteiger partial charge in [0.25, 0.3) is 10.2 Å². The van der Waals surface area contributed by atoms with Gasteiger partial charge in [-0.15, -0.1) is 0 Å². The van der Waals surface area contributed by atoms with Crippen LogP contribution < -0.4 is 0 Å². The van der Waals surface area contributed by atoms with Gasteiger partial charge in [-0.25, -0.2) is 0 Å². The predicted octanol–water partition coefficient (Wildman–Crippen LogP) is 1.22. The molecule has 2 saturated heterocycles. The van der Waals surface area contributed by atoms with Gasteiger partial charge in [-0.1, -0.05) is 0 Å². The van der Waals surface area contributed by atoms with Gasteiger partial charge >= 0.3 is 0 Å². The van der Waals surface area contributed by atoms with Crippen molar-refractivity contribution in [2.45, 2.75) is 32.2 Å². The highest BCUT2D eigenvalue weighted by Gasteiger charge is 2.40. The molecule has 3 rings (SSSR count). The molecule has 1 aromatic heterocycles. The minimum absolute atomic E-state index is 0.00103.